The van der Waals surface area contributed by atoms with Crippen molar-refractivity contribution in [3.05, 3.63) is 72.3 Å². The van der Waals surface area contributed by atoms with E-state index in [0.717, 1.165) is 17.1 Å². The predicted molar refractivity (Wildman–Crippen MR) is 97.7 cm³/mol. The fourth-order valence-corrected chi connectivity index (χ4v) is 2.62. The quantitative estimate of drug-likeness (QED) is 0.746. The van der Waals surface area contributed by atoms with E-state index in [-0.39, 0.29) is 11.9 Å². The van der Waals surface area contributed by atoms with E-state index in [9.17, 15) is 4.79 Å². The molecule has 1 aromatic carbocycles. The van der Waals surface area contributed by atoms with Crippen LogP contribution in [-0.2, 0) is 6.54 Å². The number of hydrogen-bond acceptors (Lipinski definition) is 3. The van der Waals surface area contributed by atoms with Crippen LogP contribution in [0.25, 0.3) is 5.69 Å². The van der Waals surface area contributed by atoms with Gasteiger partial charge in [-0.3, -0.25) is 4.98 Å². The van der Waals surface area contributed by atoms with Gasteiger partial charge in [-0.15, -0.1) is 0 Å². The van der Waals surface area contributed by atoms with Gasteiger partial charge in [-0.05, 0) is 30.2 Å². The van der Waals surface area contributed by atoms with Crippen molar-refractivity contribution in [1.82, 2.24) is 20.1 Å². The Bertz CT molecular complexity index is 828. The van der Waals surface area contributed by atoms with Crippen LogP contribution >= 0.6 is 0 Å². The molecule has 25 heavy (non-hydrogen) atoms. The molecule has 0 aliphatic carbocycles. The number of anilines is 1. The van der Waals surface area contributed by atoms with Crippen LogP contribution in [0.5, 0.6) is 0 Å². The van der Waals surface area contributed by atoms with E-state index in [1.54, 1.807) is 12.4 Å². The van der Waals surface area contributed by atoms with Gasteiger partial charge < -0.3 is 10.6 Å². The van der Waals surface area contributed by atoms with Crippen LogP contribution in [0.4, 0.5) is 10.5 Å². The Morgan fingerprint density at radius 3 is 2.56 bits per heavy atom. The van der Waals surface area contributed by atoms with Crippen molar-refractivity contribution in [2.45, 2.75) is 26.3 Å². The number of benzene rings is 1. The fraction of sp³-hybridized carbons (Fsp3) is 0.211. The molecule has 0 atom stereocenters. The molecule has 128 valence electrons. The molecule has 3 rings (SSSR count). The highest BCUT2D eigenvalue weighted by Crippen LogP contribution is 2.26. The number of rotatable bonds is 5. The second-order valence-electron chi connectivity index (χ2n) is 5.97. The van der Waals surface area contributed by atoms with Crippen molar-refractivity contribution in [2.75, 3.05) is 5.32 Å². The highest BCUT2D eigenvalue weighted by molar-refractivity contribution is 5.89. The van der Waals surface area contributed by atoms with E-state index in [1.165, 1.54) is 0 Å². The van der Waals surface area contributed by atoms with Crippen molar-refractivity contribution >= 4 is 11.7 Å². The Morgan fingerprint density at radius 2 is 1.88 bits per heavy atom. The van der Waals surface area contributed by atoms with Gasteiger partial charge in [0.1, 0.15) is 0 Å². The zero-order valence-electron chi connectivity index (χ0n) is 14.3. The molecule has 3 aromatic rings. The molecule has 2 amide bonds. The van der Waals surface area contributed by atoms with E-state index < -0.39 is 0 Å². The molecule has 0 saturated heterocycles. The summed E-state index contributed by atoms with van der Waals surface area (Å²) in [5, 5.41) is 10.1. The summed E-state index contributed by atoms with van der Waals surface area (Å²) in [5.41, 5.74) is 3.44. The number of carbonyl (C=O) groups excluding carboxylic acids is 1. The topological polar surface area (TPSA) is 71.8 Å². The molecule has 0 bridgehead atoms. The highest BCUT2D eigenvalue weighted by Gasteiger charge is 2.17. The van der Waals surface area contributed by atoms with Crippen LogP contribution in [0.3, 0.4) is 0 Å². The van der Waals surface area contributed by atoms with Crippen LogP contribution in [0.15, 0.2) is 60.9 Å². The number of aromatic nitrogens is 3. The van der Waals surface area contributed by atoms with Crippen LogP contribution in [0, 0.1) is 0 Å². The van der Waals surface area contributed by atoms with Crippen molar-refractivity contribution in [2.24, 2.45) is 0 Å². The molecular formula is C19H21N5O. The number of carbonyl (C=O) groups is 1. The van der Waals surface area contributed by atoms with Crippen LogP contribution in [0.1, 0.15) is 31.2 Å². The molecule has 0 aliphatic rings. The summed E-state index contributed by atoms with van der Waals surface area (Å²) in [6, 6.07) is 15.2. The van der Waals surface area contributed by atoms with Crippen LogP contribution in [0.2, 0.25) is 0 Å². The van der Waals surface area contributed by atoms with Crippen molar-refractivity contribution in [3.63, 3.8) is 0 Å². The lowest BCUT2D eigenvalue weighted by atomic mass is 10.1. The number of amides is 2. The number of nitrogens with one attached hydrogen (secondary N) is 2. The molecule has 2 heterocycles. The maximum Gasteiger partial charge on any atom is 0.319 e. The average molecular weight is 335 g/mol. The maximum atomic E-state index is 12.2. The van der Waals surface area contributed by atoms with E-state index in [4.69, 9.17) is 0 Å². The first-order chi connectivity index (χ1) is 12.1. The van der Waals surface area contributed by atoms with Crippen LogP contribution in [-0.4, -0.2) is 20.8 Å². The minimum Gasteiger partial charge on any atom is -0.332 e. The normalized spacial score (nSPS) is 10.7. The molecule has 0 fully saturated rings. The van der Waals surface area contributed by atoms with Gasteiger partial charge >= 0.3 is 6.03 Å². The fourth-order valence-electron chi connectivity index (χ4n) is 2.62. The highest BCUT2D eigenvalue weighted by atomic mass is 16.2. The molecule has 2 N–H and O–H groups in total. The third-order valence-electron chi connectivity index (χ3n) is 3.76. The Hall–Kier alpha value is -3.15. The molecule has 0 aliphatic heterocycles. The van der Waals surface area contributed by atoms with Crippen molar-refractivity contribution in [1.29, 1.82) is 0 Å². The Balaban J connectivity index is 1.74. The van der Waals surface area contributed by atoms with Crippen LogP contribution < -0.4 is 10.6 Å². The van der Waals surface area contributed by atoms with Gasteiger partial charge in [0, 0.05) is 6.20 Å². The number of urea groups is 1. The van der Waals surface area contributed by atoms with Crippen molar-refractivity contribution < 1.29 is 4.79 Å². The maximum absolute atomic E-state index is 12.2. The molecule has 6 heteroatoms. The first-order valence-corrected chi connectivity index (χ1v) is 8.23. The molecule has 0 radical (unpaired) electrons. The number of para-hydroxylation sites is 1. The third-order valence-corrected chi connectivity index (χ3v) is 3.76. The van der Waals surface area contributed by atoms with Gasteiger partial charge in [0.15, 0.2) is 0 Å². The lowest BCUT2D eigenvalue weighted by Crippen LogP contribution is -2.28. The summed E-state index contributed by atoms with van der Waals surface area (Å²) in [4.78, 5) is 16.4. The standard InChI is InChI=1S/C19H21N5O/c1-14(2)18-17(13-22-24(18)16-9-4-3-5-10-16)23-19(25)21-12-15-8-6-7-11-20-15/h3-11,13-14H,12H2,1-2H3,(H2,21,23,25). The Labute approximate surface area is 146 Å². The minimum absolute atomic E-state index is 0.203. The van der Waals surface area contributed by atoms with Gasteiger partial charge in [-0.1, -0.05) is 38.1 Å². The number of hydrogen-bond donors (Lipinski definition) is 2. The predicted octanol–water partition coefficient (Wildman–Crippen LogP) is 3.71. The third kappa shape index (κ3) is 4.03. The minimum atomic E-state index is -0.278. The first-order valence-electron chi connectivity index (χ1n) is 8.23. The van der Waals surface area contributed by atoms with Gasteiger partial charge in [0.2, 0.25) is 0 Å². The summed E-state index contributed by atoms with van der Waals surface area (Å²) < 4.78 is 1.86. The zero-order chi connectivity index (χ0) is 17.6. The van der Waals surface area contributed by atoms with E-state index in [2.05, 4.69) is 34.6 Å². The Morgan fingerprint density at radius 1 is 1.12 bits per heavy atom. The zero-order valence-corrected chi connectivity index (χ0v) is 14.3. The largest absolute Gasteiger partial charge is 0.332 e. The molecule has 6 nitrogen and oxygen atoms in total. The second kappa shape index (κ2) is 7.61. The van der Waals surface area contributed by atoms with Gasteiger partial charge in [0.25, 0.3) is 0 Å². The molecule has 0 unspecified atom stereocenters. The van der Waals surface area contributed by atoms with E-state index in [1.807, 2.05) is 53.2 Å². The average Bonchev–Trinajstić information content (AvgIpc) is 3.05. The van der Waals surface area contributed by atoms with E-state index >= 15 is 0 Å². The second-order valence-corrected chi connectivity index (χ2v) is 5.97. The molecule has 0 saturated carbocycles. The summed E-state index contributed by atoms with van der Waals surface area (Å²) in [5.74, 6) is 0.203. The SMILES string of the molecule is CC(C)c1c(NC(=O)NCc2ccccn2)cnn1-c1ccccc1. The smallest absolute Gasteiger partial charge is 0.319 e. The summed E-state index contributed by atoms with van der Waals surface area (Å²) in [6.07, 6.45) is 3.39. The van der Waals surface area contributed by atoms with Crippen molar-refractivity contribution in [3.8, 4) is 5.69 Å². The lowest BCUT2D eigenvalue weighted by molar-refractivity contribution is 0.251. The van der Waals surface area contributed by atoms with Gasteiger partial charge in [-0.25, -0.2) is 9.48 Å². The monoisotopic (exact) mass is 335 g/mol. The molecule has 0 spiro atoms. The van der Waals surface area contributed by atoms with E-state index in [0.29, 0.717) is 12.2 Å². The summed E-state index contributed by atoms with van der Waals surface area (Å²) in [6.45, 7) is 4.53. The first kappa shape index (κ1) is 16.7. The number of nitrogens with zero attached hydrogens (tertiary/aromatic N) is 3. The van der Waals surface area contributed by atoms with Gasteiger partial charge in [-0.2, -0.15) is 5.10 Å². The lowest BCUT2D eigenvalue weighted by Gasteiger charge is -2.13. The Kier molecular flexibility index (Phi) is 5.09. The number of pyridine rings is 1. The molecule has 2 aromatic heterocycles. The molecular weight excluding hydrogens is 314 g/mol. The summed E-state index contributed by atoms with van der Waals surface area (Å²) in [7, 11) is 0. The summed E-state index contributed by atoms with van der Waals surface area (Å²) >= 11 is 0. The van der Waals surface area contributed by atoms with Gasteiger partial charge in [0.05, 0.1) is 35.5 Å².